The topological polar surface area (TPSA) is 108 Å². The molecular weight excluding hydrogens is 248 g/mol. The van der Waals surface area contributed by atoms with Gasteiger partial charge in [-0.1, -0.05) is 0 Å². The molecule has 19 heavy (non-hydrogen) atoms. The second-order valence-corrected chi connectivity index (χ2v) is 3.20. The highest BCUT2D eigenvalue weighted by Gasteiger charge is 2.10. The van der Waals surface area contributed by atoms with Crippen LogP contribution >= 0.6 is 0 Å². The number of benzene rings is 1. The standard InChI is InChI=1S/C12H10N4O3/c1-18-11-4-3-8(12(17)19-2)5-10(11)16-15-9(6-13)7-14/h3-5,16H,1-2H3. The highest BCUT2D eigenvalue weighted by atomic mass is 16.5. The Balaban J connectivity index is 3.11. The zero-order valence-corrected chi connectivity index (χ0v) is 10.3. The van der Waals surface area contributed by atoms with Crippen LogP contribution in [-0.2, 0) is 4.74 Å². The molecule has 0 unspecified atom stereocenters. The third-order valence-corrected chi connectivity index (χ3v) is 2.12. The first kappa shape index (κ1) is 14.0. The molecule has 0 amide bonds. The van der Waals surface area contributed by atoms with Crippen LogP contribution in [0.2, 0.25) is 0 Å². The molecule has 0 aliphatic carbocycles. The minimum absolute atomic E-state index is 0.288. The molecule has 0 aromatic heterocycles. The van der Waals surface area contributed by atoms with Crippen molar-refractivity contribution in [2.45, 2.75) is 0 Å². The van der Waals surface area contributed by atoms with Crippen molar-refractivity contribution in [1.82, 2.24) is 0 Å². The predicted molar refractivity (Wildman–Crippen MR) is 66.6 cm³/mol. The van der Waals surface area contributed by atoms with Gasteiger partial charge in [0.25, 0.3) is 0 Å². The number of carbonyl (C=O) groups excluding carboxylic acids is 1. The molecule has 1 rings (SSSR count). The maximum absolute atomic E-state index is 11.4. The first-order valence-corrected chi connectivity index (χ1v) is 5.06. The normalized spacial score (nSPS) is 8.63. The Morgan fingerprint density at radius 1 is 1.32 bits per heavy atom. The lowest BCUT2D eigenvalue weighted by Gasteiger charge is -2.09. The van der Waals surface area contributed by atoms with Gasteiger partial charge >= 0.3 is 5.97 Å². The summed E-state index contributed by atoms with van der Waals surface area (Å²) in [6, 6.07) is 7.72. The van der Waals surface area contributed by atoms with E-state index in [1.165, 1.54) is 26.4 Å². The highest BCUT2D eigenvalue weighted by Crippen LogP contribution is 2.25. The molecule has 0 spiro atoms. The summed E-state index contributed by atoms with van der Waals surface area (Å²) in [5, 5.41) is 20.7. The molecule has 1 aromatic carbocycles. The quantitative estimate of drug-likeness (QED) is 0.495. The summed E-state index contributed by atoms with van der Waals surface area (Å²) in [7, 11) is 2.71. The van der Waals surface area contributed by atoms with Crippen molar-refractivity contribution < 1.29 is 14.3 Å². The van der Waals surface area contributed by atoms with E-state index in [0.29, 0.717) is 11.4 Å². The molecule has 7 heteroatoms. The van der Waals surface area contributed by atoms with Crippen LogP contribution in [0, 0.1) is 22.7 Å². The summed E-state index contributed by atoms with van der Waals surface area (Å²) >= 11 is 0. The van der Waals surface area contributed by atoms with Gasteiger partial charge in [0.1, 0.15) is 17.9 Å². The predicted octanol–water partition coefficient (Wildman–Crippen LogP) is 1.30. The van der Waals surface area contributed by atoms with E-state index in [1.54, 1.807) is 18.2 Å². The third kappa shape index (κ3) is 3.45. The van der Waals surface area contributed by atoms with Crippen LogP contribution in [-0.4, -0.2) is 25.9 Å². The fourth-order valence-corrected chi connectivity index (χ4v) is 1.23. The van der Waals surface area contributed by atoms with E-state index in [1.807, 2.05) is 0 Å². The Hall–Kier alpha value is -3.06. The number of hydrazone groups is 1. The van der Waals surface area contributed by atoms with Crippen LogP contribution in [0.1, 0.15) is 10.4 Å². The van der Waals surface area contributed by atoms with Crippen molar-refractivity contribution in [3.63, 3.8) is 0 Å². The van der Waals surface area contributed by atoms with Gasteiger partial charge in [-0.05, 0) is 18.2 Å². The lowest BCUT2D eigenvalue weighted by atomic mass is 10.2. The zero-order valence-electron chi connectivity index (χ0n) is 10.3. The summed E-state index contributed by atoms with van der Waals surface area (Å²) < 4.78 is 9.65. The second-order valence-electron chi connectivity index (χ2n) is 3.20. The molecule has 0 aliphatic rings. The molecule has 0 heterocycles. The summed E-state index contributed by atoms with van der Waals surface area (Å²) in [5.41, 5.74) is 2.78. The third-order valence-electron chi connectivity index (χ3n) is 2.12. The zero-order chi connectivity index (χ0) is 14.3. The monoisotopic (exact) mass is 258 g/mol. The number of nitriles is 2. The number of nitrogens with one attached hydrogen (secondary N) is 1. The lowest BCUT2D eigenvalue weighted by Crippen LogP contribution is -2.04. The van der Waals surface area contributed by atoms with Crippen molar-refractivity contribution in [2.24, 2.45) is 5.10 Å². The van der Waals surface area contributed by atoms with Crippen molar-refractivity contribution in [3.05, 3.63) is 23.8 Å². The smallest absolute Gasteiger partial charge is 0.337 e. The van der Waals surface area contributed by atoms with E-state index < -0.39 is 5.97 Å². The Labute approximate surface area is 109 Å². The molecule has 0 saturated carbocycles. The van der Waals surface area contributed by atoms with Gasteiger partial charge in [0.05, 0.1) is 25.5 Å². The maximum atomic E-state index is 11.4. The maximum Gasteiger partial charge on any atom is 0.337 e. The molecule has 96 valence electrons. The number of esters is 1. The molecule has 0 radical (unpaired) electrons. The van der Waals surface area contributed by atoms with Gasteiger partial charge in [-0.15, -0.1) is 0 Å². The van der Waals surface area contributed by atoms with Crippen LogP contribution in [0.15, 0.2) is 23.3 Å². The highest BCUT2D eigenvalue weighted by molar-refractivity contribution is 6.10. The van der Waals surface area contributed by atoms with E-state index in [0.717, 1.165) is 0 Å². The average molecular weight is 258 g/mol. The molecule has 0 saturated heterocycles. The van der Waals surface area contributed by atoms with E-state index in [9.17, 15) is 4.79 Å². The number of hydrogen-bond acceptors (Lipinski definition) is 7. The van der Waals surface area contributed by atoms with Gasteiger partial charge in [0.15, 0.2) is 0 Å². The number of hydrogen-bond donors (Lipinski definition) is 1. The molecule has 7 nitrogen and oxygen atoms in total. The first-order valence-electron chi connectivity index (χ1n) is 5.06. The number of methoxy groups -OCH3 is 2. The van der Waals surface area contributed by atoms with Crippen LogP contribution in [0.25, 0.3) is 0 Å². The summed E-state index contributed by atoms with van der Waals surface area (Å²) in [6.45, 7) is 0. The molecule has 0 bridgehead atoms. The van der Waals surface area contributed by atoms with E-state index in [4.69, 9.17) is 15.3 Å². The number of carbonyl (C=O) groups is 1. The number of rotatable bonds is 4. The first-order chi connectivity index (χ1) is 9.15. The Morgan fingerprint density at radius 2 is 2.00 bits per heavy atom. The minimum Gasteiger partial charge on any atom is -0.495 e. The van der Waals surface area contributed by atoms with Gasteiger partial charge in [0.2, 0.25) is 5.71 Å². The summed E-state index contributed by atoms with van der Waals surface area (Å²) in [6.07, 6.45) is 0. The Bertz CT molecular complexity index is 580. The van der Waals surface area contributed by atoms with Crippen molar-refractivity contribution in [3.8, 4) is 17.9 Å². The van der Waals surface area contributed by atoms with Gasteiger partial charge in [-0.2, -0.15) is 15.6 Å². The molecule has 0 aliphatic heterocycles. The van der Waals surface area contributed by atoms with Crippen molar-refractivity contribution >= 4 is 17.4 Å². The summed E-state index contributed by atoms with van der Waals surface area (Å²) in [5.74, 6) is -0.109. The molecular formula is C12H10N4O3. The van der Waals surface area contributed by atoms with Crippen molar-refractivity contribution in [2.75, 3.05) is 19.6 Å². The Kier molecular flexibility index (Phi) is 4.88. The molecule has 1 N–H and O–H groups in total. The molecule has 0 fully saturated rings. The second kappa shape index (κ2) is 6.62. The van der Waals surface area contributed by atoms with Crippen LogP contribution < -0.4 is 10.2 Å². The van der Waals surface area contributed by atoms with E-state index in [2.05, 4.69) is 15.3 Å². The fraction of sp³-hybridized carbons (Fsp3) is 0.167. The van der Waals surface area contributed by atoms with Gasteiger partial charge in [0, 0.05) is 0 Å². The van der Waals surface area contributed by atoms with Crippen LogP contribution in [0.3, 0.4) is 0 Å². The van der Waals surface area contributed by atoms with Crippen LogP contribution in [0.5, 0.6) is 5.75 Å². The van der Waals surface area contributed by atoms with Gasteiger partial charge in [-0.3, -0.25) is 5.43 Å². The number of ether oxygens (including phenoxy) is 2. The number of anilines is 1. The number of nitrogens with zero attached hydrogens (tertiary/aromatic N) is 3. The lowest BCUT2D eigenvalue weighted by molar-refractivity contribution is 0.0601. The van der Waals surface area contributed by atoms with Gasteiger partial charge in [-0.25, -0.2) is 4.79 Å². The molecule has 0 atom stereocenters. The summed E-state index contributed by atoms with van der Waals surface area (Å²) in [4.78, 5) is 11.4. The van der Waals surface area contributed by atoms with Gasteiger partial charge < -0.3 is 9.47 Å². The fourth-order valence-electron chi connectivity index (χ4n) is 1.23. The molecule has 1 aromatic rings. The van der Waals surface area contributed by atoms with Crippen LogP contribution in [0.4, 0.5) is 5.69 Å². The SMILES string of the molecule is COC(=O)c1ccc(OC)c(NN=C(C#N)C#N)c1. The van der Waals surface area contributed by atoms with E-state index in [-0.39, 0.29) is 11.3 Å². The average Bonchev–Trinajstić information content (AvgIpc) is 2.47. The minimum atomic E-state index is -0.518. The van der Waals surface area contributed by atoms with Crippen molar-refractivity contribution in [1.29, 1.82) is 10.5 Å². The Morgan fingerprint density at radius 3 is 2.53 bits per heavy atom. The van der Waals surface area contributed by atoms with E-state index >= 15 is 0 Å². The largest absolute Gasteiger partial charge is 0.495 e.